The van der Waals surface area contributed by atoms with E-state index >= 15 is 0 Å². The third-order valence-corrected chi connectivity index (χ3v) is 1.70. The Labute approximate surface area is 79.5 Å². The Kier molecular flexibility index (Phi) is 4.27. The van der Waals surface area contributed by atoms with Crippen LogP contribution < -0.4 is 0 Å². The Morgan fingerprint density at radius 1 is 0.923 bits per heavy atom. The number of ether oxygens (including phenoxy) is 1. The molecule has 0 amide bonds. The zero-order chi connectivity index (χ0) is 10.5. The van der Waals surface area contributed by atoms with E-state index in [0.717, 1.165) is 12.6 Å². The summed E-state index contributed by atoms with van der Waals surface area (Å²) in [5.41, 5.74) is -0.984. The number of carbonyl (C=O) groups excluding carboxylic acids is 2. The van der Waals surface area contributed by atoms with Crippen molar-refractivity contribution in [2.24, 2.45) is 0 Å². The van der Waals surface area contributed by atoms with Gasteiger partial charge in [-0.15, -0.1) is 0 Å². The van der Waals surface area contributed by atoms with Crippen molar-refractivity contribution in [3.63, 3.8) is 0 Å². The van der Waals surface area contributed by atoms with Gasteiger partial charge in [0.1, 0.15) is 12.6 Å². The minimum Gasteiger partial charge on any atom is -0.369 e. The Balaban J connectivity index is 4.22. The van der Waals surface area contributed by atoms with Gasteiger partial charge in [0.25, 0.3) is 0 Å². The van der Waals surface area contributed by atoms with Crippen LogP contribution in [0.4, 0.5) is 0 Å². The molecule has 0 rings (SSSR count). The van der Waals surface area contributed by atoms with Crippen LogP contribution in [0.2, 0.25) is 0 Å². The predicted molar refractivity (Wildman–Crippen MR) is 50.6 cm³/mol. The maximum absolute atomic E-state index is 10.3. The van der Waals surface area contributed by atoms with Crippen molar-refractivity contribution in [2.45, 2.75) is 51.7 Å². The van der Waals surface area contributed by atoms with Crippen LogP contribution in [0.25, 0.3) is 0 Å². The lowest BCUT2D eigenvalue weighted by Gasteiger charge is -2.34. The van der Waals surface area contributed by atoms with E-state index in [1.807, 2.05) is 27.7 Å². The summed E-state index contributed by atoms with van der Waals surface area (Å²) in [5.74, 6) is 0. The molecule has 0 aromatic carbocycles. The zero-order valence-electron chi connectivity index (χ0n) is 8.79. The van der Waals surface area contributed by atoms with Gasteiger partial charge in [-0.2, -0.15) is 0 Å². The fraction of sp³-hybridized carbons (Fsp3) is 0.800. The van der Waals surface area contributed by atoms with Crippen molar-refractivity contribution < 1.29 is 14.3 Å². The van der Waals surface area contributed by atoms with Gasteiger partial charge in [0, 0.05) is 12.8 Å². The third-order valence-electron chi connectivity index (χ3n) is 1.70. The van der Waals surface area contributed by atoms with E-state index in [9.17, 15) is 9.59 Å². The first-order valence-electron chi connectivity index (χ1n) is 4.40. The molecule has 76 valence electrons. The number of rotatable bonds is 6. The lowest BCUT2D eigenvalue weighted by atomic mass is 10.0. The van der Waals surface area contributed by atoms with Crippen molar-refractivity contribution in [1.29, 1.82) is 0 Å². The molecule has 13 heavy (non-hydrogen) atoms. The molecule has 0 aromatic heterocycles. The van der Waals surface area contributed by atoms with Crippen LogP contribution in [-0.4, -0.2) is 23.8 Å². The summed E-state index contributed by atoms with van der Waals surface area (Å²) in [4.78, 5) is 20.6. The summed E-state index contributed by atoms with van der Waals surface area (Å²) in [6.07, 6.45) is 2.35. The zero-order valence-corrected chi connectivity index (χ0v) is 8.79. The lowest BCUT2D eigenvalue weighted by Crippen LogP contribution is -2.37. The molecule has 0 aromatic rings. The summed E-state index contributed by atoms with van der Waals surface area (Å²) >= 11 is 0. The highest BCUT2D eigenvalue weighted by atomic mass is 16.5. The molecule has 0 radical (unpaired) electrons. The van der Waals surface area contributed by atoms with Gasteiger partial charge in [-0.25, -0.2) is 0 Å². The summed E-state index contributed by atoms with van der Waals surface area (Å²) in [5, 5.41) is 0. The molecule has 3 heteroatoms. The smallest absolute Gasteiger partial charge is 0.122 e. The highest BCUT2D eigenvalue weighted by Crippen LogP contribution is 2.24. The molecule has 0 N–H and O–H groups in total. The van der Waals surface area contributed by atoms with Crippen LogP contribution >= 0.6 is 0 Å². The molecule has 0 atom stereocenters. The molecule has 0 aliphatic heterocycles. The first kappa shape index (κ1) is 12.3. The van der Waals surface area contributed by atoms with Gasteiger partial charge < -0.3 is 14.3 Å². The number of carbonyl (C=O) groups is 2. The fourth-order valence-electron chi connectivity index (χ4n) is 1.23. The number of hydrogen-bond acceptors (Lipinski definition) is 3. The van der Waals surface area contributed by atoms with Crippen LogP contribution in [-0.2, 0) is 14.3 Å². The van der Waals surface area contributed by atoms with Crippen molar-refractivity contribution >= 4 is 12.6 Å². The molecule has 0 spiro atoms. The number of aldehydes is 2. The molecule has 0 heterocycles. The SMILES string of the molecule is CC(C)(CC=O)OC(C)(C)CC=O. The molecule has 0 aliphatic rings. The first-order chi connectivity index (χ1) is 5.83. The average Bonchev–Trinajstić information content (AvgIpc) is 1.82. The minimum absolute atomic E-state index is 0.343. The normalized spacial score (nSPS) is 12.6. The van der Waals surface area contributed by atoms with Gasteiger partial charge >= 0.3 is 0 Å². The van der Waals surface area contributed by atoms with Crippen molar-refractivity contribution in [1.82, 2.24) is 0 Å². The minimum atomic E-state index is -0.492. The van der Waals surface area contributed by atoms with E-state index in [1.54, 1.807) is 0 Å². The molecule has 3 nitrogen and oxygen atoms in total. The fourth-order valence-corrected chi connectivity index (χ4v) is 1.23. The Morgan fingerprint density at radius 3 is 1.46 bits per heavy atom. The second-order valence-corrected chi connectivity index (χ2v) is 4.36. The molecule has 0 saturated heterocycles. The maximum atomic E-state index is 10.3. The molecular formula is C10H18O3. The van der Waals surface area contributed by atoms with E-state index in [1.165, 1.54) is 0 Å². The highest BCUT2D eigenvalue weighted by molar-refractivity contribution is 5.52. The van der Waals surface area contributed by atoms with Crippen LogP contribution in [0.1, 0.15) is 40.5 Å². The Bertz CT molecular complexity index is 163. The molecule has 0 saturated carbocycles. The van der Waals surface area contributed by atoms with Crippen molar-refractivity contribution in [2.75, 3.05) is 0 Å². The van der Waals surface area contributed by atoms with Crippen LogP contribution in [0.15, 0.2) is 0 Å². The van der Waals surface area contributed by atoms with Crippen LogP contribution in [0.3, 0.4) is 0 Å². The predicted octanol–water partition coefficient (Wildman–Crippen LogP) is 1.74. The number of hydrogen-bond donors (Lipinski definition) is 0. The summed E-state index contributed by atoms with van der Waals surface area (Å²) in [7, 11) is 0. The second kappa shape index (κ2) is 4.51. The van der Waals surface area contributed by atoms with Gasteiger partial charge in [-0.3, -0.25) is 0 Å². The lowest BCUT2D eigenvalue weighted by molar-refractivity contribution is -0.141. The van der Waals surface area contributed by atoms with Gasteiger partial charge in [0.2, 0.25) is 0 Å². The van der Waals surface area contributed by atoms with E-state index in [4.69, 9.17) is 4.74 Å². The van der Waals surface area contributed by atoms with Gasteiger partial charge in [0.05, 0.1) is 11.2 Å². The molecule has 0 unspecified atom stereocenters. The molecule has 0 fully saturated rings. The summed E-state index contributed by atoms with van der Waals surface area (Å²) in [6.45, 7) is 7.36. The molecule has 0 bridgehead atoms. The summed E-state index contributed by atoms with van der Waals surface area (Å²) < 4.78 is 5.64. The van der Waals surface area contributed by atoms with E-state index in [2.05, 4.69) is 0 Å². The Hall–Kier alpha value is -0.700. The van der Waals surface area contributed by atoms with Crippen LogP contribution in [0, 0.1) is 0 Å². The third kappa shape index (κ3) is 5.53. The first-order valence-corrected chi connectivity index (χ1v) is 4.40. The van der Waals surface area contributed by atoms with Crippen molar-refractivity contribution in [3.8, 4) is 0 Å². The van der Waals surface area contributed by atoms with E-state index < -0.39 is 11.2 Å². The quantitative estimate of drug-likeness (QED) is 0.593. The standard InChI is InChI=1S/C10H18O3/c1-9(2,5-7-11)13-10(3,4)6-8-12/h7-8H,5-6H2,1-4H3. The Morgan fingerprint density at radius 2 is 1.23 bits per heavy atom. The van der Waals surface area contributed by atoms with Crippen LogP contribution in [0.5, 0.6) is 0 Å². The second-order valence-electron chi connectivity index (χ2n) is 4.36. The molecule has 0 aliphatic carbocycles. The van der Waals surface area contributed by atoms with Gasteiger partial charge in [-0.05, 0) is 27.7 Å². The monoisotopic (exact) mass is 186 g/mol. The van der Waals surface area contributed by atoms with E-state index in [0.29, 0.717) is 12.8 Å². The summed E-state index contributed by atoms with van der Waals surface area (Å²) in [6, 6.07) is 0. The molecular weight excluding hydrogens is 168 g/mol. The average molecular weight is 186 g/mol. The maximum Gasteiger partial charge on any atom is 0.122 e. The van der Waals surface area contributed by atoms with E-state index in [-0.39, 0.29) is 0 Å². The van der Waals surface area contributed by atoms with Gasteiger partial charge in [0.15, 0.2) is 0 Å². The largest absolute Gasteiger partial charge is 0.369 e. The van der Waals surface area contributed by atoms with Gasteiger partial charge in [-0.1, -0.05) is 0 Å². The van der Waals surface area contributed by atoms with Crippen molar-refractivity contribution in [3.05, 3.63) is 0 Å². The highest BCUT2D eigenvalue weighted by Gasteiger charge is 2.28. The topological polar surface area (TPSA) is 43.4 Å².